The Kier molecular flexibility index (Phi) is 15.7. The zero-order valence-electron chi connectivity index (χ0n) is 38.6. The van der Waals surface area contributed by atoms with Crippen LogP contribution in [-0.2, 0) is 33.3 Å². The maximum absolute atomic E-state index is 13.8. The molecule has 2 aliphatic carbocycles. The van der Waals surface area contributed by atoms with Crippen molar-refractivity contribution in [3.05, 3.63) is 58.6 Å². The summed E-state index contributed by atoms with van der Waals surface area (Å²) in [5.41, 5.74) is 13.6. The summed E-state index contributed by atoms with van der Waals surface area (Å²) in [6, 6.07) is 4.72. The second-order valence-electron chi connectivity index (χ2n) is 18.2. The number of hydrogen-bond donors (Lipinski definition) is 3. The van der Waals surface area contributed by atoms with Crippen LogP contribution >= 0.6 is 0 Å². The average Bonchev–Trinajstić information content (AvgIpc) is 4.14. The number of likely N-dealkylation sites (tertiary alicyclic amines) is 2. The number of carbonyl (C=O) groups is 3. The molecule has 3 aliphatic heterocycles. The van der Waals surface area contributed by atoms with E-state index in [4.69, 9.17) is 44.4 Å². The van der Waals surface area contributed by atoms with Crippen molar-refractivity contribution in [2.75, 3.05) is 60.8 Å². The number of methoxy groups -OCH3 is 3. The number of amides is 3. The minimum Gasteiger partial charge on any atom is -0.491 e. The summed E-state index contributed by atoms with van der Waals surface area (Å²) >= 11 is 0. The highest BCUT2D eigenvalue weighted by molar-refractivity contribution is 6.33. The fraction of sp³-hybridized carbons (Fsp3) is 0.625. The van der Waals surface area contributed by atoms with Crippen molar-refractivity contribution >= 4 is 46.4 Å². The van der Waals surface area contributed by atoms with E-state index in [-0.39, 0.29) is 47.8 Å². The highest BCUT2D eigenvalue weighted by Crippen LogP contribution is 2.41. The van der Waals surface area contributed by atoms with Crippen LogP contribution in [0.1, 0.15) is 96.5 Å². The molecule has 0 spiro atoms. The lowest BCUT2D eigenvalue weighted by molar-refractivity contribution is -0.136. The van der Waals surface area contributed by atoms with Crippen molar-refractivity contribution in [2.45, 2.75) is 115 Å². The van der Waals surface area contributed by atoms with Crippen LogP contribution in [0.25, 0.3) is 16.6 Å². The van der Waals surface area contributed by atoms with Gasteiger partial charge in [0.15, 0.2) is 6.17 Å². The molecule has 2 saturated heterocycles. The number of aromatic nitrogens is 2. The number of hydrogen-bond acceptors (Lipinski definition) is 12. The minimum absolute atomic E-state index is 0.0217. The molecule has 7 atom stereocenters. The highest BCUT2D eigenvalue weighted by atomic mass is 16.5. The summed E-state index contributed by atoms with van der Waals surface area (Å²) in [5, 5.41) is 2.73. The number of nitrogens with one attached hydrogen (secondary N) is 2. The third kappa shape index (κ3) is 10.5. The van der Waals surface area contributed by atoms with Crippen LogP contribution in [0.4, 0.5) is 4.79 Å². The molecule has 0 radical (unpaired) electrons. The quantitative estimate of drug-likeness (QED) is 0.152. The monoisotopic (exact) mass is 885 g/mol. The smallest absolute Gasteiger partial charge is 0.407 e. The second kappa shape index (κ2) is 21.4. The van der Waals surface area contributed by atoms with E-state index in [0.717, 1.165) is 84.4 Å². The average molecular weight is 885 g/mol. The number of imidazole rings is 1. The predicted molar refractivity (Wildman–Crippen MR) is 246 cm³/mol. The molecule has 0 bridgehead atoms. The number of fused-ring (bicyclic) bond motifs is 1. The Balaban J connectivity index is 1.11. The first-order valence-corrected chi connectivity index (χ1v) is 23.1. The number of nitrogens with two attached hydrogens (primary N) is 1. The second-order valence-corrected chi connectivity index (χ2v) is 18.2. The van der Waals surface area contributed by atoms with Gasteiger partial charge in [0.2, 0.25) is 11.8 Å². The molecule has 7 unspecified atom stereocenters. The van der Waals surface area contributed by atoms with Gasteiger partial charge in [-0.3, -0.25) is 19.6 Å². The number of benzene rings is 1. The van der Waals surface area contributed by atoms with E-state index in [2.05, 4.69) is 34.6 Å². The molecule has 64 heavy (non-hydrogen) atoms. The van der Waals surface area contributed by atoms with Crippen molar-refractivity contribution in [2.24, 2.45) is 33.5 Å². The topological polar surface area (TPSA) is 195 Å². The summed E-state index contributed by atoms with van der Waals surface area (Å²) in [6.45, 7) is 10.8. The summed E-state index contributed by atoms with van der Waals surface area (Å²) in [4.78, 5) is 61.5. The minimum atomic E-state index is -0.705. The third-order valence-corrected chi connectivity index (χ3v) is 13.4. The van der Waals surface area contributed by atoms with Crippen molar-refractivity contribution in [1.82, 2.24) is 25.1 Å². The number of nitrogens with zero attached hydrogens (tertiary/aromatic N) is 5. The Labute approximate surface area is 377 Å². The van der Waals surface area contributed by atoms with Gasteiger partial charge < -0.3 is 49.5 Å². The first-order valence-electron chi connectivity index (χ1n) is 23.1. The number of allylic oxidation sites excluding steroid dienone is 4. The molecule has 2 fully saturated rings. The number of carbonyl (C=O) groups excluding carboxylic acids is 3. The molecule has 348 valence electrons. The largest absolute Gasteiger partial charge is 0.491 e. The van der Waals surface area contributed by atoms with Gasteiger partial charge in [0, 0.05) is 45.0 Å². The number of aliphatic imine (C=N–C) groups is 2. The maximum Gasteiger partial charge on any atom is 0.407 e. The fourth-order valence-electron chi connectivity index (χ4n) is 9.67. The highest BCUT2D eigenvalue weighted by Gasteiger charge is 2.42. The Morgan fingerprint density at radius 1 is 0.922 bits per heavy atom. The van der Waals surface area contributed by atoms with Gasteiger partial charge in [0.25, 0.3) is 0 Å². The molecule has 16 nitrogen and oxygen atoms in total. The van der Waals surface area contributed by atoms with Crippen LogP contribution in [-0.4, -0.2) is 141 Å². The standard InChI is InChI=1S/C48H68N8O8/c1-28(2)42(49)46(57)55-18-9-11-39(55)45-51-35-17-14-32(24-36(35)52-45)33-15-12-30(25-40(33)63-22-20-60-5)31-13-16-34(41(26-31)64-23-21-61-6)37-27-50-44(53-37)38-10-8-19-56(38)47(58)43(29(3)4)54-48(59)62-7/h13-14,17,24-25,27-29,34,38-39,41-44H,8-12,15-16,18-23,26,49H2,1-7H3,(H,51,52)(H,54,59). The van der Waals surface area contributed by atoms with E-state index in [9.17, 15) is 14.4 Å². The van der Waals surface area contributed by atoms with Crippen LogP contribution in [0.5, 0.6) is 0 Å². The van der Waals surface area contributed by atoms with E-state index >= 15 is 0 Å². The van der Waals surface area contributed by atoms with Gasteiger partial charge in [-0.05, 0) is 98.1 Å². The van der Waals surface area contributed by atoms with E-state index < -0.39 is 24.3 Å². The lowest BCUT2D eigenvalue weighted by Gasteiger charge is -2.33. The molecular formula is C48H68N8O8. The molecular weight excluding hydrogens is 817 g/mol. The molecule has 2 aromatic rings. The normalized spacial score (nSPS) is 24.7. The lowest BCUT2D eigenvalue weighted by atomic mass is 9.79. The Morgan fingerprint density at radius 2 is 1.69 bits per heavy atom. The van der Waals surface area contributed by atoms with Crippen molar-refractivity contribution in [3.8, 4) is 0 Å². The van der Waals surface area contributed by atoms with Gasteiger partial charge in [-0.1, -0.05) is 39.8 Å². The molecule has 1 aromatic carbocycles. The fourth-order valence-corrected chi connectivity index (χ4v) is 9.67. The summed E-state index contributed by atoms with van der Waals surface area (Å²) in [6.07, 6.45) is 11.5. The van der Waals surface area contributed by atoms with E-state index in [1.165, 1.54) is 18.3 Å². The van der Waals surface area contributed by atoms with Crippen molar-refractivity contribution in [3.63, 3.8) is 0 Å². The summed E-state index contributed by atoms with van der Waals surface area (Å²) in [5.74, 6) is 1.36. The zero-order chi connectivity index (χ0) is 45.5. The van der Waals surface area contributed by atoms with Gasteiger partial charge in [0.05, 0.1) is 67.9 Å². The summed E-state index contributed by atoms with van der Waals surface area (Å²) < 4.78 is 28.6. The van der Waals surface area contributed by atoms with Crippen molar-refractivity contribution < 1.29 is 38.1 Å². The van der Waals surface area contributed by atoms with Crippen LogP contribution in [0.15, 0.2) is 57.2 Å². The Bertz CT molecular complexity index is 2160. The van der Waals surface area contributed by atoms with Gasteiger partial charge >= 0.3 is 6.09 Å². The Hall–Kier alpha value is -4.90. The number of rotatable bonds is 18. The van der Waals surface area contributed by atoms with Gasteiger partial charge in [-0.15, -0.1) is 0 Å². The molecule has 16 heteroatoms. The van der Waals surface area contributed by atoms with Crippen LogP contribution < -0.4 is 11.1 Å². The molecule has 0 saturated carbocycles. The third-order valence-electron chi connectivity index (χ3n) is 13.4. The first kappa shape index (κ1) is 47.1. The number of ether oxygens (including phenoxy) is 5. The number of alkyl carbamates (subject to hydrolysis) is 1. The molecule has 4 N–H and O–H groups in total. The molecule has 4 heterocycles. The first-order chi connectivity index (χ1) is 30.9. The number of aromatic amines is 1. The van der Waals surface area contributed by atoms with Crippen molar-refractivity contribution in [1.29, 1.82) is 0 Å². The lowest BCUT2D eigenvalue weighted by Crippen LogP contribution is -2.54. The summed E-state index contributed by atoms with van der Waals surface area (Å²) in [7, 11) is 4.64. The molecule has 3 amide bonds. The van der Waals surface area contributed by atoms with Crippen LogP contribution in [0, 0.1) is 17.8 Å². The van der Waals surface area contributed by atoms with E-state index in [1.54, 1.807) is 14.2 Å². The van der Waals surface area contributed by atoms with E-state index in [1.807, 2.05) is 49.8 Å². The zero-order valence-corrected chi connectivity index (χ0v) is 38.6. The SMILES string of the molecule is COCCOC1=C(c2ccc3nc(C4CCCN4C(=O)C(N)C(C)C)[nH]c3c2)CCC(C2=CCC(C3=NC(C4CCCN4C(=O)C(NC(=O)OC)C(C)C)N=C3)C(OCCOC)C2)=C1. The van der Waals surface area contributed by atoms with Gasteiger partial charge in [-0.25, -0.2) is 9.78 Å². The maximum atomic E-state index is 13.8. The predicted octanol–water partition coefficient (Wildman–Crippen LogP) is 5.90. The molecule has 1 aromatic heterocycles. The van der Waals surface area contributed by atoms with Crippen LogP contribution in [0.2, 0.25) is 0 Å². The molecule has 7 rings (SSSR count). The van der Waals surface area contributed by atoms with E-state index in [0.29, 0.717) is 45.9 Å². The van der Waals surface area contributed by atoms with Gasteiger partial charge in [-0.2, -0.15) is 0 Å². The van der Waals surface area contributed by atoms with Gasteiger partial charge in [0.1, 0.15) is 24.2 Å². The van der Waals surface area contributed by atoms with Crippen LogP contribution in [0.3, 0.4) is 0 Å². The molecule has 5 aliphatic rings. The Morgan fingerprint density at radius 3 is 2.44 bits per heavy atom. The number of H-pyrrole nitrogens is 1.